The maximum Gasteiger partial charge on any atom is 0.187 e. The van der Waals surface area contributed by atoms with Gasteiger partial charge in [-0.15, -0.1) is 0 Å². The minimum absolute atomic E-state index is 0.0290. The predicted octanol–water partition coefficient (Wildman–Crippen LogP) is 0.438. The van der Waals surface area contributed by atoms with Gasteiger partial charge in [0.15, 0.2) is 11.5 Å². The van der Waals surface area contributed by atoms with Crippen molar-refractivity contribution in [1.29, 1.82) is 0 Å². The van der Waals surface area contributed by atoms with Crippen molar-refractivity contribution in [1.82, 2.24) is 9.97 Å². The lowest BCUT2D eigenvalue weighted by atomic mass is 10.2. The molecule has 0 saturated heterocycles. The summed E-state index contributed by atoms with van der Waals surface area (Å²) in [4.78, 5) is 10.3. The van der Waals surface area contributed by atoms with Crippen LogP contribution in [0.25, 0.3) is 10.9 Å². The van der Waals surface area contributed by atoms with E-state index in [1.54, 1.807) is 25.2 Å². The topological polar surface area (TPSA) is 87.9 Å². The highest BCUT2D eigenvalue weighted by atomic mass is 16.5. The summed E-state index contributed by atoms with van der Waals surface area (Å²) < 4.78 is 10.6. The number of hydrogen-bond acceptors (Lipinski definition) is 7. The predicted molar refractivity (Wildman–Crippen MR) is 79.0 cm³/mol. The van der Waals surface area contributed by atoms with Gasteiger partial charge < -0.3 is 24.6 Å². The second-order valence-electron chi connectivity index (χ2n) is 4.33. The van der Waals surface area contributed by atoms with Crippen LogP contribution >= 0.6 is 0 Å². The van der Waals surface area contributed by atoms with Crippen molar-refractivity contribution in [2.24, 2.45) is 0 Å². The molecule has 0 fully saturated rings. The highest BCUT2D eigenvalue weighted by molar-refractivity contribution is 5.95. The first-order valence-electron chi connectivity index (χ1n) is 6.59. The van der Waals surface area contributed by atoms with Gasteiger partial charge in [0.1, 0.15) is 17.7 Å². The summed E-state index contributed by atoms with van der Waals surface area (Å²) in [5.74, 6) is 1.76. The molecule has 7 nitrogen and oxygen atoms in total. The SMILES string of the molecule is COc1ccc2c(N(CCO)CCO)ncnc2c1OC. The summed E-state index contributed by atoms with van der Waals surface area (Å²) in [5.41, 5.74) is 0.628. The molecule has 0 saturated carbocycles. The molecule has 21 heavy (non-hydrogen) atoms. The Morgan fingerprint density at radius 3 is 2.33 bits per heavy atom. The second-order valence-corrected chi connectivity index (χ2v) is 4.33. The Bertz CT molecular complexity index is 600. The molecule has 7 heteroatoms. The number of benzene rings is 1. The Labute approximate surface area is 122 Å². The first-order chi connectivity index (χ1) is 10.3. The zero-order valence-electron chi connectivity index (χ0n) is 12.1. The average Bonchev–Trinajstić information content (AvgIpc) is 2.52. The van der Waals surface area contributed by atoms with E-state index in [9.17, 15) is 0 Å². The van der Waals surface area contributed by atoms with Gasteiger partial charge in [-0.3, -0.25) is 0 Å². The first kappa shape index (κ1) is 15.3. The lowest BCUT2D eigenvalue weighted by Crippen LogP contribution is -2.30. The lowest BCUT2D eigenvalue weighted by molar-refractivity contribution is 0.281. The van der Waals surface area contributed by atoms with Crippen molar-refractivity contribution in [2.45, 2.75) is 0 Å². The van der Waals surface area contributed by atoms with E-state index in [-0.39, 0.29) is 13.2 Å². The van der Waals surface area contributed by atoms with Crippen molar-refractivity contribution >= 4 is 16.7 Å². The molecule has 0 amide bonds. The van der Waals surface area contributed by atoms with Crippen LogP contribution in [0.5, 0.6) is 11.5 Å². The largest absolute Gasteiger partial charge is 0.493 e. The summed E-state index contributed by atoms with van der Waals surface area (Å²) in [7, 11) is 3.12. The van der Waals surface area contributed by atoms with Crippen LogP contribution in [0.4, 0.5) is 5.82 Å². The van der Waals surface area contributed by atoms with Gasteiger partial charge in [0.05, 0.1) is 27.4 Å². The van der Waals surface area contributed by atoms with Crippen molar-refractivity contribution in [2.75, 3.05) is 45.4 Å². The number of hydrogen-bond donors (Lipinski definition) is 2. The molecule has 0 bridgehead atoms. The monoisotopic (exact) mass is 293 g/mol. The van der Waals surface area contributed by atoms with Crippen molar-refractivity contribution in [3.8, 4) is 11.5 Å². The third kappa shape index (κ3) is 2.98. The Morgan fingerprint density at radius 1 is 1.05 bits per heavy atom. The minimum Gasteiger partial charge on any atom is -0.493 e. The Kier molecular flexibility index (Phi) is 5.13. The summed E-state index contributed by atoms with van der Waals surface area (Å²) in [6, 6.07) is 3.62. The number of methoxy groups -OCH3 is 2. The Morgan fingerprint density at radius 2 is 1.76 bits per heavy atom. The minimum atomic E-state index is -0.0290. The van der Waals surface area contributed by atoms with Gasteiger partial charge in [-0.05, 0) is 12.1 Å². The van der Waals surface area contributed by atoms with Gasteiger partial charge in [-0.2, -0.15) is 0 Å². The molecule has 2 rings (SSSR count). The number of aliphatic hydroxyl groups excluding tert-OH is 2. The molecule has 114 valence electrons. The lowest BCUT2D eigenvalue weighted by Gasteiger charge is -2.23. The van der Waals surface area contributed by atoms with E-state index in [0.717, 1.165) is 5.39 Å². The fraction of sp³-hybridized carbons (Fsp3) is 0.429. The third-order valence-electron chi connectivity index (χ3n) is 3.17. The zero-order chi connectivity index (χ0) is 15.2. The van der Waals surface area contributed by atoms with Crippen molar-refractivity contribution in [3.05, 3.63) is 18.5 Å². The molecule has 0 unspecified atom stereocenters. The van der Waals surface area contributed by atoms with Gasteiger partial charge in [-0.25, -0.2) is 9.97 Å². The van der Waals surface area contributed by atoms with Crippen LogP contribution in [-0.4, -0.2) is 60.7 Å². The number of aromatic nitrogens is 2. The van der Waals surface area contributed by atoms with Gasteiger partial charge in [0.25, 0.3) is 0 Å². The normalized spacial score (nSPS) is 10.7. The van der Waals surface area contributed by atoms with E-state index in [1.165, 1.54) is 6.33 Å². The van der Waals surface area contributed by atoms with Crippen LogP contribution in [-0.2, 0) is 0 Å². The van der Waals surface area contributed by atoms with Crippen LogP contribution < -0.4 is 14.4 Å². The molecular weight excluding hydrogens is 274 g/mol. The van der Waals surface area contributed by atoms with Crippen LogP contribution in [0, 0.1) is 0 Å². The van der Waals surface area contributed by atoms with Crippen LogP contribution in [0.1, 0.15) is 0 Å². The highest BCUT2D eigenvalue weighted by Gasteiger charge is 2.16. The number of nitrogens with zero attached hydrogens (tertiary/aromatic N) is 3. The van der Waals surface area contributed by atoms with Crippen LogP contribution in [0.15, 0.2) is 18.5 Å². The Balaban J connectivity index is 2.60. The zero-order valence-corrected chi connectivity index (χ0v) is 12.1. The summed E-state index contributed by atoms with van der Waals surface area (Å²) in [6.07, 6.45) is 1.43. The second kappa shape index (κ2) is 7.05. The highest BCUT2D eigenvalue weighted by Crippen LogP contribution is 2.36. The standard InChI is InChI=1S/C14H19N3O4/c1-20-11-4-3-10-12(13(11)21-2)15-9-16-14(10)17(5-7-18)6-8-19/h3-4,9,18-19H,5-8H2,1-2H3. The fourth-order valence-electron chi connectivity index (χ4n) is 2.25. The summed E-state index contributed by atoms with van der Waals surface area (Å²) in [5, 5.41) is 19.1. The molecule has 0 spiro atoms. The molecule has 1 heterocycles. The fourth-order valence-corrected chi connectivity index (χ4v) is 2.25. The first-order valence-corrected chi connectivity index (χ1v) is 6.59. The van der Waals surface area contributed by atoms with Crippen molar-refractivity contribution < 1.29 is 19.7 Å². The molecule has 1 aromatic heterocycles. The molecule has 0 aliphatic rings. The van der Waals surface area contributed by atoms with Gasteiger partial charge in [0, 0.05) is 18.5 Å². The van der Waals surface area contributed by atoms with E-state index in [0.29, 0.717) is 35.9 Å². The molecular formula is C14H19N3O4. The van der Waals surface area contributed by atoms with Gasteiger partial charge in [-0.1, -0.05) is 0 Å². The molecule has 2 N–H and O–H groups in total. The Hall–Kier alpha value is -2.12. The van der Waals surface area contributed by atoms with E-state index in [2.05, 4.69) is 9.97 Å². The summed E-state index contributed by atoms with van der Waals surface area (Å²) in [6.45, 7) is 0.694. The molecule has 0 atom stereocenters. The maximum absolute atomic E-state index is 9.17. The molecule has 2 aromatic rings. The van der Waals surface area contributed by atoms with Gasteiger partial charge in [0.2, 0.25) is 0 Å². The number of fused-ring (bicyclic) bond motifs is 1. The smallest absolute Gasteiger partial charge is 0.187 e. The van der Waals surface area contributed by atoms with E-state index in [1.807, 2.05) is 6.07 Å². The molecule has 0 aliphatic carbocycles. The molecule has 0 radical (unpaired) electrons. The molecule has 1 aromatic carbocycles. The van der Waals surface area contributed by atoms with E-state index < -0.39 is 0 Å². The maximum atomic E-state index is 9.17. The van der Waals surface area contributed by atoms with Crippen molar-refractivity contribution in [3.63, 3.8) is 0 Å². The van der Waals surface area contributed by atoms with Crippen LogP contribution in [0.3, 0.4) is 0 Å². The van der Waals surface area contributed by atoms with E-state index in [4.69, 9.17) is 19.7 Å². The average molecular weight is 293 g/mol. The van der Waals surface area contributed by atoms with Gasteiger partial charge >= 0.3 is 0 Å². The number of aliphatic hydroxyl groups is 2. The summed E-state index contributed by atoms with van der Waals surface area (Å²) >= 11 is 0. The molecule has 0 aliphatic heterocycles. The van der Waals surface area contributed by atoms with Crippen LogP contribution in [0.2, 0.25) is 0 Å². The third-order valence-corrected chi connectivity index (χ3v) is 3.17. The van der Waals surface area contributed by atoms with E-state index >= 15 is 0 Å². The number of anilines is 1. The quantitative estimate of drug-likeness (QED) is 0.765. The number of rotatable bonds is 7. The number of ether oxygens (including phenoxy) is 2.